The molecule has 5 nitrogen and oxygen atoms in total. The molecule has 4 N–H and O–H groups in total. The predicted octanol–water partition coefficient (Wildman–Crippen LogP) is 1.27. The normalized spacial score (nSPS) is 11.4. The van der Waals surface area contributed by atoms with E-state index in [1.54, 1.807) is 25.1 Å². The van der Waals surface area contributed by atoms with Gasteiger partial charge >= 0.3 is 0 Å². The van der Waals surface area contributed by atoms with Crippen molar-refractivity contribution in [2.75, 3.05) is 29.9 Å². The summed E-state index contributed by atoms with van der Waals surface area (Å²) in [6.07, 6.45) is 0. The lowest BCUT2D eigenvalue weighted by atomic mass is 10.3. The smallest absolute Gasteiger partial charge is 0.213 e. The fraction of sp³-hybridized carbons (Fsp3) is 0.400. The maximum Gasteiger partial charge on any atom is 0.213 e. The van der Waals surface area contributed by atoms with Gasteiger partial charge in [0.1, 0.15) is 0 Å². The Morgan fingerprint density at radius 1 is 1.41 bits per heavy atom. The first kappa shape index (κ1) is 14.1. The number of anilines is 2. The van der Waals surface area contributed by atoms with Gasteiger partial charge in [0.25, 0.3) is 0 Å². The van der Waals surface area contributed by atoms with Crippen molar-refractivity contribution in [3.8, 4) is 0 Å². The number of hydrogen-bond acceptors (Lipinski definition) is 4. The number of hydrogen-bond donors (Lipinski definition) is 3. The van der Waals surface area contributed by atoms with Gasteiger partial charge in [-0.25, -0.2) is 13.1 Å². The summed E-state index contributed by atoms with van der Waals surface area (Å²) >= 11 is 5.81. The molecule has 0 aliphatic rings. The molecule has 0 aliphatic carbocycles. The monoisotopic (exact) mass is 277 g/mol. The minimum atomic E-state index is -3.21. The lowest BCUT2D eigenvalue weighted by Gasteiger charge is -2.10. The molecule has 96 valence electrons. The quantitative estimate of drug-likeness (QED) is 0.684. The molecule has 0 unspecified atom stereocenters. The first-order valence-electron chi connectivity index (χ1n) is 5.21. The third kappa shape index (κ3) is 4.80. The van der Waals surface area contributed by atoms with Gasteiger partial charge in [0.05, 0.1) is 17.1 Å². The standard InChI is InChI=1S/C10H16ClN3O2S/c1-2-14-17(15,16)6-5-13-10-7-8(11)3-4-9(10)12/h3-4,7,13-14H,2,5-6,12H2,1H3. The summed E-state index contributed by atoms with van der Waals surface area (Å²) in [7, 11) is -3.21. The second kappa shape index (κ2) is 6.09. The van der Waals surface area contributed by atoms with E-state index in [2.05, 4.69) is 10.0 Å². The van der Waals surface area contributed by atoms with Gasteiger partial charge in [-0.3, -0.25) is 0 Å². The summed E-state index contributed by atoms with van der Waals surface area (Å²) in [5.74, 6) is -0.00715. The van der Waals surface area contributed by atoms with Crippen molar-refractivity contribution >= 4 is 33.0 Å². The van der Waals surface area contributed by atoms with E-state index in [1.807, 2.05) is 0 Å². The van der Waals surface area contributed by atoms with Gasteiger partial charge in [-0.2, -0.15) is 0 Å². The van der Waals surface area contributed by atoms with Gasteiger partial charge in [-0.1, -0.05) is 18.5 Å². The zero-order valence-electron chi connectivity index (χ0n) is 9.53. The fourth-order valence-electron chi connectivity index (χ4n) is 1.29. The largest absolute Gasteiger partial charge is 0.397 e. The van der Waals surface area contributed by atoms with Gasteiger partial charge in [0.2, 0.25) is 10.0 Å². The molecule has 1 aromatic rings. The van der Waals surface area contributed by atoms with E-state index in [0.29, 0.717) is 22.9 Å². The van der Waals surface area contributed by atoms with Crippen molar-refractivity contribution in [3.05, 3.63) is 23.2 Å². The highest BCUT2D eigenvalue weighted by Gasteiger charge is 2.08. The molecular formula is C10H16ClN3O2S. The Kier molecular flexibility index (Phi) is 5.04. The zero-order valence-corrected chi connectivity index (χ0v) is 11.1. The molecule has 0 atom stereocenters. The number of benzene rings is 1. The fourth-order valence-corrected chi connectivity index (χ4v) is 2.42. The van der Waals surface area contributed by atoms with E-state index < -0.39 is 10.0 Å². The molecule has 0 fully saturated rings. The highest BCUT2D eigenvalue weighted by Crippen LogP contribution is 2.22. The first-order chi connectivity index (χ1) is 7.94. The molecule has 0 aromatic heterocycles. The summed E-state index contributed by atoms with van der Waals surface area (Å²) in [5.41, 5.74) is 6.89. The second-order valence-electron chi connectivity index (χ2n) is 3.48. The second-order valence-corrected chi connectivity index (χ2v) is 5.84. The van der Waals surface area contributed by atoms with Crippen molar-refractivity contribution < 1.29 is 8.42 Å². The lowest BCUT2D eigenvalue weighted by molar-refractivity contribution is 0.584. The van der Waals surface area contributed by atoms with Crippen LogP contribution in [-0.4, -0.2) is 27.3 Å². The molecule has 0 radical (unpaired) electrons. The van der Waals surface area contributed by atoms with Crippen LogP contribution in [0.5, 0.6) is 0 Å². The maximum absolute atomic E-state index is 11.4. The van der Waals surface area contributed by atoms with Crippen molar-refractivity contribution in [1.82, 2.24) is 4.72 Å². The average Bonchev–Trinajstić information content (AvgIpc) is 2.23. The third-order valence-corrected chi connectivity index (χ3v) is 3.77. The Hall–Kier alpha value is -0.980. The van der Waals surface area contributed by atoms with E-state index >= 15 is 0 Å². The van der Waals surface area contributed by atoms with E-state index in [0.717, 1.165) is 0 Å². The van der Waals surface area contributed by atoms with Crippen molar-refractivity contribution in [2.24, 2.45) is 0 Å². The number of rotatable bonds is 6. The van der Waals surface area contributed by atoms with E-state index in [1.165, 1.54) is 0 Å². The Labute approximate surface area is 106 Å². The van der Waals surface area contributed by atoms with E-state index in [9.17, 15) is 8.42 Å². The van der Waals surface area contributed by atoms with Gasteiger partial charge < -0.3 is 11.1 Å². The van der Waals surface area contributed by atoms with Crippen LogP contribution in [0.3, 0.4) is 0 Å². The summed E-state index contributed by atoms with van der Waals surface area (Å²) < 4.78 is 25.1. The Morgan fingerprint density at radius 3 is 2.76 bits per heavy atom. The number of nitrogens with one attached hydrogen (secondary N) is 2. The molecule has 0 aliphatic heterocycles. The Morgan fingerprint density at radius 2 is 2.12 bits per heavy atom. The number of sulfonamides is 1. The molecule has 1 aromatic carbocycles. The van der Waals surface area contributed by atoms with Crippen LogP contribution >= 0.6 is 11.6 Å². The molecule has 7 heteroatoms. The zero-order chi connectivity index (χ0) is 12.9. The topological polar surface area (TPSA) is 84.2 Å². The summed E-state index contributed by atoms with van der Waals surface area (Å²) in [4.78, 5) is 0. The molecule has 17 heavy (non-hydrogen) atoms. The van der Waals surface area contributed by atoms with Gasteiger partial charge in [0, 0.05) is 18.1 Å². The number of nitrogen functional groups attached to an aromatic ring is 1. The third-order valence-electron chi connectivity index (χ3n) is 2.07. The van der Waals surface area contributed by atoms with Gasteiger partial charge in [-0.05, 0) is 18.2 Å². The van der Waals surface area contributed by atoms with Crippen LogP contribution < -0.4 is 15.8 Å². The molecule has 1 rings (SSSR count). The van der Waals surface area contributed by atoms with Crippen molar-refractivity contribution in [1.29, 1.82) is 0 Å². The highest BCUT2D eigenvalue weighted by molar-refractivity contribution is 7.89. The van der Waals surface area contributed by atoms with E-state index in [4.69, 9.17) is 17.3 Å². The van der Waals surface area contributed by atoms with Gasteiger partial charge in [0.15, 0.2) is 0 Å². The minimum Gasteiger partial charge on any atom is -0.397 e. The van der Waals surface area contributed by atoms with Crippen LogP contribution in [-0.2, 0) is 10.0 Å². The number of nitrogens with two attached hydrogens (primary N) is 1. The van der Waals surface area contributed by atoms with Crippen LogP contribution in [0, 0.1) is 0 Å². The molecule has 0 bridgehead atoms. The predicted molar refractivity (Wildman–Crippen MR) is 71.8 cm³/mol. The molecule has 0 spiro atoms. The van der Waals surface area contributed by atoms with Crippen molar-refractivity contribution in [2.45, 2.75) is 6.92 Å². The maximum atomic E-state index is 11.4. The molecule has 0 amide bonds. The minimum absolute atomic E-state index is 0.00715. The highest BCUT2D eigenvalue weighted by atomic mass is 35.5. The molecular weight excluding hydrogens is 262 g/mol. The van der Waals surface area contributed by atoms with Crippen LogP contribution in [0.25, 0.3) is 0 Å². The van der Waals surface area contributed by atoms with Crippen LogP contribution in [0.15, 0.2) is 18.2 Å². The summed E-state index contributed by atoms with van der Waals surface area (Å²) in [5, 5.41) is 3.49. The first-order valence-corrected chi connectivity index (χ1v) is 7.24. The molecule has 0 heterocycles. The van der Waals surface area contributed by atoms with Crippen LogP contribution in [0.2, 0.25) is 5.02 Å². The van der Waals surface area contributed by atoms with Crippen molar-refractivity contribution in [3.63, 3.8) is 0 Å². The Bertz CT molecular complexity index is 476. The molecule has 0 saturated heterocycles. The van der Waals surface area contributed by atoms with Gasteiger partial charge in [-0.15, -0.1) is 0 Å². The Balaban J connectivity index is 2.54. The molecule has 0 saturated carbocycles. The van der Waals surface area contributed by atoms with E-state index in [-0.39, 0.29) is 12.3 Å². The summed E-state index contributed by atoms with van der Waals surface area (Å²) in [6, 6.07) is 5.01. The lowest BCUT2D eigenvalue weighted by Crippen LogP contribution is -2.29. The SMILES string of the molecule is CCNS(=O)(=O)CCNc1cc(Cl)ccc1N. The summed E-state index contributed by atoms with van der Waals surface area (Å²) in [6.45, 7) is 2.40. The van der Waals surface area contributed by atoms with Crippen LogP contribution in [0.4, 0.5) is 11.4 Å². The van der Waals surface area contributed by atoms with Crippen LogP contribution in [0.1, 0.15) is 6.92 Å². The number of halogens is 1. The average molecular weight is 278 g/mol.